The van der Waals surface area contributed by atoms with Crippen LogP contribution in [0.1, 0.15) is 42.1 Å². The molecule has 0 aliphatic carbocycles. The summed E-state index contributed by atoms with van der Waals surface area (Å²) in [6, 6.07) is 17.4. The molecule has 114 valence electrons. The van der Waals surface area contributed by atoms with Crippen LogP contribution in [0.15, 0.2) is 48.5 Å². The van der Waals surface area contributed by atoms with Crippen molar-refractivity contribution < 1.29 is 0 Å². The number of nitrogens with one attached hydrogen (secondary N) is 2. The van der Waals surface area contributed by atoms with Crippen LogP contribution in [0.3, 0.4) is 0 Å². The first-order valence-corrected chi connectivity index (χ1v) is 8.00. The third-order valence-corrected chi connectivity index (χ3v) is 4.17. The van der Waals surface area contributed by atoms with E-state index in [1.54, 1.807) is 0 Å². The summed E-state index contributed by atoms with van der Waals surface area (Å²) >= 11 is 0. The summed E-state index contributed by atoms with van der Waals surface area (Å²) < 4.78 is 0. The van der Waals surface area contributed by atoms with Crippen LogP contribution in [0.5, 0.6) is 0 Å². The van der Waals surface area contributed by atoms with Crippen LogP contribution in [0.4, 0.5) is 0 Å². The lowest BCUT2D eigenvalue weighted by Crippen LogP contribution is -2.12. The van der Waals surface area contributed by atoms with E-state index in [-0.39, 0.29) is 0 Å². The van der Waals surface area contributed by atoms with E-state index < -0.39 is 0 Å². The molecular formula is C20H24N2. The van der Waals surface area contributed by atoms with Crippen molar-refractivity contribution in [2.45, 2.75) is 39.8 Å². The van der Waals surface area contributed by atoms with Crippen LogP contribution in [0.25, 0.3) is 10.9 Å². The van der Waals surface area contributed by atoms with E-state index in [2.05, 4.69) is 79.6 Å². The first-order valence-electron chi connectivity index (χ1n) is 8.00. The average molecular weight is 292 g/mol. The monoisotopic (exact) mass is 292 g/mol. The van der Waals surface area contributed by atoms with Crippen LogP contribution in [0.2, 0.25) is 0 Å². The molecule has 0 aliphatic heterocycles. The quantitative estimate of drug-likeness (QED) is 0.688. The lowest BCUT2D eigenvalue weighted by Gasteiger charge is -2.09. The van der Waals surface area contributed by atoms with Gasteiger partial charge in [0.15, 0.2) is 0 Å². The highest BCUT2D eigenvalue weighted by Crippen LogP contribution is 2.25. The fourth-order valence-corrected chi connectivity index (χ4v) is 3.03. The van der Waals surface area contributed by atoms with Crippen molar-refractivity contribution in [2.75, 3.05) is 0 Å². The molecule has 3 aromatic rings. The highest BCUT2D eigenvalue weighted by molar-refractivity contribution is 5.82. The van der Waals surface area contributed by atoms with Crippen LogP contribution >= 0.6 is 0 Å². The molecule has 1 heterocycles. The average Bonchev–Trinajstić information content (AvgIpc) is 2.89. The highest BCUT2D eigenvalue weighted by Gasteiger charge is 2.07. The van der Waals surface area contributed by atoms with Crippen LogP contribution in [-0.4, -0.2) is 4.98 Å². The van der Waals surface area contributed by atoms with E-state index in [0.29, 0.717) is 5.92 Å². The Kier molecular flexibility index (Phi) is 4.30. The summed E-state index contributed by atoms with van der Waals surface area (Å²) in [5, 5.41) is 4.80. The Morgan fingerprint density at radius 2 is 1.77 bits per heavy atom. The minimum atomic E-state index is 0.562. The smallest absolute Gasteiger partial charge is 0.0459 e. The second kappa shape index (κ2) is 6.37. The van der Waals surface area contributed by atoms with Gasteiger partial charge in [-0.25, -0.2) is 0 Å². The van der Waals surface area contributed by atoms with Gasteiger partial charge in [0, 0.05) is 24.3 Å². The summed E-state index contributed by atoms with van der Waals surface area (Å²) in [5.74, 6) is 0.562. The minimum Gasteiger partial charge on any atom is -0.357 e. The number of benzene rings is 2. The number of hydrogen-bond acceptors (Lipinski definition) is 1. The minimum absolute atomic E-state index is 0.562. The van der Waals surface area contributed by atoms with Crippen molar-refractivity contribution >= 4 is 10.9 Å². The molecule has 0 aliphatic rings. The number of rotatable bonds is 5. The number of aromatic nitrogens is 1. The van der Waals surface area contributed by atoms with Gasteiger partial charge in [-0.1, -0.05) is 44.2 Å². The molecule has 0 amide bonds. The molecular weight excluding hydrogens is 268 g/mol. The fraction of sp³-hybridized carbons (Fsp3) is 0.300. The molecule has 0 bridgehead atoms. The van der Waals surface area contributed by atoms with Crippen LogP contribution in [0, 0.1) is 6.92 Å². The number of aryl methyl sites for hydroxylation is 1. The molecule has 2 N–H and O–H groups in total. The van der Waals surface area contributed by atoms with E-state index >= 15 is 0 Å². The third-order valence-electron chi connectivity index (χ3n) is 4.17. The Morgan fingerprint density at radius 3 is 2.50 bits per heavy atom. The zero-order valence-corrected chi connectivity index (χ0v) is 13.6. The summed E-state index contributed by atoms with van der Waals surface area (Å²) in [5.41, 5.74) is 6.61. The Bertz CT molecular complexity index is 754. The van der Waals surface area contributed by atoms with Crippen molar-refractivity contribution in [1.29, 1.82) is 0 Å². The molecule has 3 rings (SSSR count). The normalized spacial score (nSPS) is 11.5. The Labute approximate surface area is 132 Å². The molecule has 1 aromatic heterocycles. The first kappa shape index (κ1) is 14.9. The molecule has 2 aromatic carbocycles. The van der Waals surface area contributed by atoms with E-state index in [4.69, 9.17) is 0 Å². The summed E-state index contributed by atoms with van der Waals surface area (Å²) in [7, 11) is 0. The fourth-order valence-electron chi connectivity index (χ4n) is 3.03. The van der Waals surface area contributed by atoms with Crippen LogP contribution in [-0.2, 0) is 13.1 Å². The summed E-state index contributed by atoms with van der Waals surface area (Å²) in [6.45, 7) is 8.46. The van der Waals surface area contributed by atoms with Gasteiger partial charge < -0.3 is 10.3 Å². The maximum Gasteiger partial charge on any atom is 0.0459 e. The predicted octanol–water partition coefficient (Wildman–Crippen LogP) is 4.89. The van der Waals surface area contributed by atoms with E-state index in [9.17, 15) is 0 Å². The first-order chi connectivity index (χ1) is 10.6. The second-order valence-electron chi connectivity index (χ2n) is 6.33. The van der Waals surface area contributed by atoms with E-state index in [1.807, 2.05) is 0 Å². The number of aromatic amines is 1. The van der Waals surface area contributed by atoms with Crippen molar-refractivity contribution in [3.8, 4) is 0 Å². The lowest BCUT2D eigenvalue weighted by atomic mass is 9.97. The highest BCUT2D eigenvalue weighted by atomic mass is 14.9. The third kappa shape index (κ3) is 3.23. The second-order valence-corrected chi connectivity index (χ2v) is 6.33. The summed E-state index contributed by atoms with van der Waals surface area (Å²) in [6.07, 6.45) is 0. The van der Waals surface area contributed by atoms with Gasteiger partial charge in [-0.2, -0.15) is 0 Å². The molecule has 2 nitrogen and oxygen atoms in total. The standard InChI is InChI=1S/C20H24N2/c1-14(2)19-11-20-17(9-15(19)3)10-18(22-20)13-21-12-16-7-5-4-6-8-16/h4-11,14,21-22H,12-13H2,1-3H3. The maximum absolute atomic E-state index is 3.54. The molecule has 0 saturated carbocycles. The Morgan fingerprint density at radius 1 is 1.00 bits per heavy atom. The molecule has 0 fully saturated rings. The van der Waals surface area contributed by atoms with Gasteiger partial charge >= 0.3 is 0 Å². The Balaban J connectivity index is 1.72. The van der Waals surface area contributed by atoms with E-state index in [1.165, 1.54) is 33.3 Å². The van der Waals surface area contributed by atoms with Crippen molar-refractivity contribution in [2.24, 2.45) is 0 Å². The predicted molar refractivity (Wildman–Crippen MR) is 94.1 cm³/mol. The van der Waals surface area contributed by atoms with Gasteiger partial charge in [0.05, 0.1) is 0 Å². The molecule has 0 unspecified atom stereocenters. The Hall–Kier alpha value is -2.06. The van der Waals surface area contributed by atoms with Gasteiger partial charge in [-0.3, -0.25) is 0 Å². The zero-order valence-electron chi connectivity index (χ0n) is 13.6. The number of H-pyrrole nitrogens is 1. The van der Waals surface area contributed by atoms with Gasteiger partial charge in [0.1, 0.15) is 0 Å². The lowest BCUT2D eigenvalue weighted by molar-refractivity contribution is 0.683. The summed E-state index contributed by atoms with van der Waals surface area (Å²) in [4.78, 5) is 3.54. The van der Waals surface area contributed by atoms with Gasteiger partial charge in [0.25, 0.3) is 0 Å². The molecule has 2 heteroatoms. The molecule has 0 spiro atoms. The zero-order chi connectivity index (χ0) is 15.5. The molecule has 0 saturated heterocycles. The molecule has 0 atom stereocenters. The van der Waals surface area contributed by atoms with Crippen molar-refractivity contribution in [3.05, 3.63) is 70.9 Å². The largest absolute Gasteiger partial charge is 0.357 e. The molecule has 22 heavy (non-hydrogen) atoms. The SMILES string of the molecule is Cc1cc2cc(CNCc3ccccc3)[nH]c2cc1C(C)C. The number of hydrogen-bond donors (Lipinski definition) is 2. The van der Waals surface area contributed by atoms with E-state index in [0.717, 1.165) is 13.1 Å². The maximum atomic E-state index is 3.54. The number of fused-ring (bicyclic) bond motifs is 1. The van der Waals surface area contributed by atoms with Crippen LogP contribution < -0.4 is 5.32 Å². The van der Waals surface area contributed by atoms with Gasteiger partial charge in [0.2, 0.25) is 0 Å². The van der Waals surface area contributed by atoms with Crippen molar-refractivity contribution in [1.82, 2.24) is 10.3 Å². The van der Waals surface area contributed by atoms with Crippen molar-refractivity contribution in [3.63, 3.8) is 0 Å². The van der Waals surface area contributed by atoms with Gasteiger partial charge in [-0.05, 0) is 53.1 Å². The topological polar surface area (TPSA) is 27.8 Å². The van der Waals surface area contributed by atoms with Gasteiger partial charge in [-0.15, -0.1) is 0 Å². The molecule has 0 radical (unpaired) electrons.